The predicted octanol–water partition coefficient (Wildman–Crippen LogP) is 0.0766. The first-order chi connectivity index (χ1) is 7.66. The SMILES string of the molecule is O=S(=O)(c1[nH]ncc1CO)N1CCCCC1. The van der Waals surface area contributed by atoms with Gasteiger partial charge in [0.1, 0.15) is 0 Å². The second-order valence-corrected chi connectivity index (χ2v) is 5.72. The fourth-order valence-electron chi connectivity index (χ4n) is 1.87. The van der Waals surface area contributed by atoms with Crippen LogP contribution < -0.4 is 0 Å². The number of H-pyrrole nitrogens is 1. The molecule has 0 bridgehead atoms. The van der Waals surface area contributed by atoms with E-state index in [2.05, 4.69) is 10.2 Å². The maximum absolute atomic E-state index is 12.2. The van der Waals surface area contributed by atoms with Crippen molar-refractivity contribution in [2.45, 2.75) is 30.9 Å². The molecule has 90 valence electrons. The Labute approximate surface area is 94.3 Å². The van der Waals surface area contributed by atoms with E-state index in [0.717, 1.165) is 19.3 Å². The number of hydrogen-bond acceptors (Lipinski definition) is 4. The Kier molecular flexibility index (Phi) is 3.27. The standard InChI is InChI=1S/C9H15N3O3S/c13-7-8-6-10-11-9(8)16(14,15)12-4-2-1-3-5-12/h6,13H,1-5,7H2,(H,10,11). The van der Waals surface area contributed by atoms with Crippen molar-refractivity contribution in [3.63, 3.8) is 0 Å². The van der Waals surface area contributed by atoms with Crippen molar-refractivity contribution in [2.24, 2.45) is 0 Å². The highest BCUT2D eigenvalue weighted by Crippen LogP contribution is 2.21. The summed E-state index contributed by atoms with van der Waals surface area (Å²) in [6.45, 7) is 0.775. The van der Waals surface area contributed by atoms with Gasteiger partial charge in [0.15, 0.2) is 5.03 Å². The van der Waals surface area contributed by atoms with Gasteiger partial charge in [-0.3, -0.25) is 5.10 Å². The smallest absolute Gasteiger partial charge is 0.260 e. The lowest BCUT2D eigenvalue weighted by Gasteiger charge is -2.25. The minimum atomic E-state index is -3.51. The predicted molar refractivity (Wildman–Crippen MR) is 57.1 cm³/mol. The second kappa shape index (κ2) is 4.52. The molecule has 0 unspecified atom stereocenters. The number of nitrogens with one attached hydrogen (secondary N) is 1. The van der Waals surface area contributed by atoms with E-state index < -0.39 is 10.0 Å². The topological polar surface area (TPSA) is 86.3 Å². The van der Waals surface area contributed by atoms with Crippen molar-refractivity contribution in [3.8, 4) is 0 Å². The van der Waals surface area contributed by atoms with Gasteiger partial charge in [0.25, 0.3) is 10.0 Å². The minimum absolute atomic E-state index is 0.0249. The number of aromatic amines is 1. The molecule has 2 N–H and O–H groups in total. The lowest BCUT2D eigenvalue weighted by molar-refractivity contribution is 0.277. The first-order valence-electron chi connectivity index (χ1n) is 5.29. The zero-order chi connectivity index (χ0) is 11.6. The van der Waals surface area contributed by atoms with Gasteiger partial charge in [0, 0.05) is 18.7 Å². The van der Waals surface area contributed by atoms with E-state index in [1.54, 1.807) is 0 Å². The number of piperidine rings is 1. The van der Waals surface area contributed by atoms with E-state index in [1.807, 2.05) is 0 Å². The Morgan fingerprint density at radius 2 is 2.06 bits per heavy atom. The van der Waals surface area contributed by atoms with E-state index in [1.165, 1.54) is 10.5 Å². The van der Waals surface area contributed by atoms with Gasteiger partial charge in [-0.1, -0.05) is 6.42 Å². The van der Waals surface area contributed by atoms with Crippen molar-refractivity contribution < 1.29 is 13.5 Å². The largest absolute Gasteiger partial charge is 0.392 e. The normalized spacial score (nSPS) is 18.8. The number of nitrogens with zero attached hydrogens (tertiary/aromatic N) is 2. The summed E-state index contributed by atoms with van der Waals surface area (Å²) in [7, 11) is -3.51. The van der Waals surface area contributed by atoms with Gasteiger partial charge in [-0.15, -0.1) is 0 Å². The Morgan fingerprint density at radius 1 is 1.38 bits per heavy atom. The highest BCUT2D eigenvalue weighted by Gasteiger charge is 2.29. The highest BCUT2D eigenvalue weighted by molar-refractivity contribution is 7.89. The Balaban J connectivity index is 2.30. The van der Waals surface area contributed by atoms with Gasteiger partial charge in [-0.2, -0.15) is 9.40 Å². The molecule has 0 spiro atoms. The summed E-state index contributed by atoms with van der Waals surface area (Å²) in [6.07, 6.45) is 4.20. The van der Waals surface area contributed by atoms with Crippen LogP contribution in [0.15, 0.2) is 11.2 Å². The molecule has 1 saturated heterocycles. The summed E-state index contributed by atoms with van der Waals surface area (Å²) < 4.78 is 25.8. The van der Waals surface area contributed by atoms with Gasteiger partial charge >= 0.3 is 0 Å². The van der Waals surface area contributed by atoms with E-state index in [0.29, 0.717) is 18.7 Å². The van der Waals surface area contributed by atoms with E-state index in [4.69, 9.17) is 5.11 Å². The van der Waals surface area contributed by atoms with Gasteiger partial charge in [0.2, 0.25) is 0 Å². The number of aromatic nitrogens is 2. The highest BCUT2D eigenvalue weighted by atomic mass is 32.2. The van der Waals surface area contributed by atoms with Crippen LogP contribution in [-0.4, -0.2) is 41.1 Å². The van der Waals surface area contributed by atoms with Crippen molar-refractivity contribution in [1.82, 2.24) is 14.5 Å². The van der Waals surface area contributed by atoms with Crippen LogP contribution in [0.5, 0.6) is 0 Å². The van der Waals surface area contributed by atoms with Crippen LogP contribution in [0, 0.1) is 0 Å². The average Bonchev–Trinajstić information content (AvgIpc) is 2.79. The molecule has 2 heterocycles. The molecule has 0 atom stereocenters. The quantitative estimate of drug-likeness (QED) is 0.789. The molecular formula is C9H15N3O3S. The zero-order valence-corrected chi connectivity index (χ0v) is 9.70. The molecule has 1 aliphatic heterocycles. The molecular weight excluding hydrogens is 230 g/mol. The monoisotopic (exact) mass is 245 g/mol. The minimum Gasteiger partial charge on any atom is -0.392 e. The average molecular weight is 245 g/mol. The zero-order valence-electron chi connectivity index (χ0n) is 8.89. The van der Waals surface area contributed by atoms with Crippen LogP contribution in [0.4, 0.5) is 0 Å². The third kappa shape index (κ3) is 1.98. The third-order valence-corrected chi connectivity index (χ3v) is 4.68. The summed E-state index contributed by atoms with van der Waals surface area (Å²) in [5.41, 5.74) is 0.325. The maximum atomic E-state index is 12.2. The van der Waals surface area contributed by atoms with E-state index in [-0.39, 0.29) is 11.6 Å². The molecule has 1 aliphatic rings. The van der Waals surface area contributed by atoms with Crippen LogP contribution in [-0.2, 0) is 16.6 Å². The molecule has 0 aliphatic carbocycles. The van der Waals surface area contributed by atoms with Gasteiger partial charge < -0.3 is 5.11 Å². The maximum Gasteiger partial charge on any atom is 0.260 e. The van der Waals surface area contributed by atoms with E-state index in [9.17, 15) is 8.42 Å². The van der Waals surface area contributed by atoms with Crippen LogP contribution in [0.3, 0.4) is 0 Å². The molecule has 0 radical (unpaired) electrons. The van der Waals surface area contributed by atoms with Crippen molar-refractivity contribution in [3.05, 3.63) is 11.8 Å². The molecule has 1 aromatic heterocycles. The fourth-order valence-corrected chi connectivity index (χ4v) is 3.48. The fraction of sp³-hybridized carbons (Fsp3) is 0.667. The molecule has 0 aromatic carbocycles. The van der Waals surface area contributed by atoms with Crippen molar-refractivity contribution in [2.75, 3.05) is 13.1 Å². The first-order valence-corrected chi connectivity index (χ1v) is 6.73. The summed E-state index contributed by atoms with van der Waals surface area (Å²) in [5, 5.41) is 15.2. The number of rotatable bonds is 3. The molecule has 2 rings (SSSR count). The van der Waals surface area contributed by atoms with Gasteiger partial charge in [0.05, 0.1) is 12.8 Å². The first kappa shape index (κ1) is 11.6. The second-order valence-electron chi connectivity index (χ2n) is 3.85. The van der Waals surface area contributed by atoms with Crippen molar-refractivity contribution >= 4 is 10.0 Å². The summed E-state index contributed by atoms with van der Waals surface area (Å²) in [4.78, 5) is 0. The molecule has 1 aromatic rings. The van der Waals surface area contributed by atoms with Gasteiger partial charge in [-0.05, 0) is 12.8 Å². The van der Waals surface area contributed by atoms with Gasteiger partial charge in [-0.25, -0.2) is 8.42 Å². The number of sulfonamides is 1. The Hall–Kier alpha value is -0.920. The third-order valence-electron chi connectivity index (χ3n) is 2.76. The van der Waals surface area contributed by atoms with Crippen LogP contribution >= 0.6 is 0 Å². The number of hydrogen-bond donors (Lipinski definition) is 2. The molecule has 6 nitrogen and oxygen atoms in total. The lowest BCUT2D eigenvalue weighted by atomic mass is 10.2. The number of aliphatic hydroxyl groups is 1. The van der Waals surface area contributed by atoms with E-state index >= 15 is 0 Å². The van der Waals surface area contributed by atoms with Crippen LogP contribution in [0.25, 0.3) is 0 Å². The Bertz CT molecular complexity index is 448. The van der Waals surface area contributed by atoms with Crippen molar-refractivity contribution in [1.29, 1.82) is 0 Å². The van der Waals surface area contributed by atoms with Crippen LogP contribution in [0.2, 0.25) is 0 Å². The molecule has 0 saturated carbocycles. The van der Waals surface area contributed by atoms with Crippen LogP contribution in [0.1, 0.15) is 24.8 Å². The summed E-state index contributed by atoms with van der Waals surface area (Å²) in [6, 6.07) is 0. The molecule has 7 heteroatoms. The Morgan fingerprint density at radius 3 is 2.69 bits per heavy atom. The number of aliphatic hydroxyl groups excluding tert-OH is 1. The molecule has 1 fully saturated rings. The molecule has 0 amide bonds. The molecule has 16 heavy (non-hydrogen) atoms. The summed E-state index contributed by atoms with van der Waals surface area (Å²) in [5.74, 6) is 0. The summed E-state index contributed by atoms with van der Waals surface area (Å²) >= 11 is 0. The lowest BCUT2D eigenvalue weighted by Crippen LogP contribution is -2.36.